The Labute approximate surface area is 178 Å². The molecule has 4 rings (SSSR count). The second kappa shape index (κ2) is 8.87. The summed E-state index contributed by atoms with van der Waals surface area (Å²) in [5.41, 5.74) is 0.720. The third-order valence-electron chi connectivity index (χ3n) is 5.54. The molecule has 1 saturated heterocycles. The van der Waals surface area contributed by atoms with E-state index in [2.05, 4.69) is 27.1 Å². The Morgan fingerprint density at radius 3 is 2.70 bits per heavy atom. The molecule has 3 aromatic rings. The average molecular weight is 429 g/mol. The Morgan fingerprint density at radius 2 is 1.97 bits per heavy atom. The van der Waals surface area contributed by atoms with E-state index in [9.17, 15) is 9.18 Å². The number of amides is 1. The van der Waals surface area contributed by atoms with Gasteiger partial charge in [0.05, 0.1) is 23.0 Å². The Balaban J connectivity index is 1.59. The summed E-state index contributed by atoms with van der Waals surface area (Å²) in [5.74, 6) is 0.452. The molecule has 2 atom stereocenters. The van der Waals surface area contributed by atoms with Gasteiger partial charge in [0, 0.05) is 37.5 Å². The van der Waals surface area contributed by atoms with Gasteiger partial charge in [0.1, 0.15) is 17.3 Å². The zero-order chi connectivity index (χ0) is 21.1. The first-order valence-electron chi connectivity index (χ1n) is 9.96. The predicted octanol–water partition coefficient (Wildman–Crippen LogP) is 3.72. The molecule has 3 heterocycles. The molecule has 1 fully saturated rings. The van der Waals surface area contributed by atoms with Crippen LogP contribution in [-0.2, 0) is 6.42 Å². The Hall–Kier alpha value is -2.87. The SMILES string of the molecule is C[C@@H]1CCCN(C(=O)c2ccc(F)cc2-n2nccn2)[C@@H]1CCc1ncc(Cl)cn1. The fraction of sp³-hybridized carbons (Fsp3) is 0.381. The van der Waals surface area contributed by atoms with Gasteiger partial charge in [-0.1, -0.05) is 18.5 Å². The summed E-state index contributed by atoms with van der Waals surface area (Å²) in [5, 5.41) is 8.65. The number of hydrogen-bond acceptors (Lipinski definition) is 5. The minimum atomic E-state index is -0.442. The second-order valence-corrected chi connectivity index (χ2v) is 7.96. The quantitative estimate of drug-likeness (QED) is 0.619. The number of piperidine rings is 1. The minimum Gasteiger partial charge on any atom is -0.335 e. The maximum atomic E-state index is 13.9. The normalized spacial score (nSPS) is 19.1. The molecule has 0 saturated carbocycles. The minimum absolute atomic E-state index is 0.0361. The maximum absolute atomic E-state index is 13.9. The van der Waals surface area contributed by atoms with Crippen LogP contribution in [0, 0.1) is 11.7 Å². The van der Waals surface area contributed by atoms with Crippen LogP contribution in [0.15, 0.2) is 43.0 Å². The summed E-state index contributed by atoms with van der Waals surface area (Å²) < 4.78 is 13.9. The molecule has 156 valence electrons. The van der Waals surface area contributed by atoms with Gasteiger partial charge < -0.3 is 4.90 Å². The maximum Gasteiger partial charge on any atom is 0.256 e. The van der Waals surface area contributed by atoms with Gasteiger partial charge in [0.25, 0.3) is 5.91 Å². The van der Waals surface area contributed by atoms with E-state index in [1.165, 1.54) is 35.4 Å². The lowest BCUT2D eigenvalue weighted by atomic mass is 9.87. The van der Waals surface area contributed by atoms with Crippen molar-refractivity contribution in [1.82, 2.24) is 29.9 Å². The number of hydrogen-bond donors (Lipinski definition) is 0. The van der Waals surface area contributed by atoms with Gasteiger partial charge in [0.2, 0.25) is 0 Å². The lowest BCUT2D eigenvalue weighted by Crippen LogP contribution is -2.48. The Morgan fingerprint density at radius 1 is 1.23 bits per heavy atom. The number of likely N-dealkylation sites (tertiary alicyclic amines) is 1. The van der Waals surface area contributed by atoms with E-state index in [-0.39, 0.29) is 11.9 Å². The Kier molecular flexibility index (Phi) is 6.03. The number of carbonyl (C=O) groups excluding carboxylic acids is 1. The molecule has 0 radical (unpaired) electrons. The molecule has 0 spiro atoms. The number of rotatable bonds is 5. The van der Waals surface area contributed by atoms with Crippen LogP contribution in [0.25, 0.3) is 5.69 Å². The highest BCUT2D eigenvalue weighted by molar-refractivity contribution is 6.30. The number of carbonyl (C=O) groups is 1. The first kappa shape index (κ1) is 20.4. The van der Waals surface area contributed by atoms with Crippen LogP contribution in [0.2, 0.25) is 5.02 Å². The van der Waals surface area contributed by atoms with Crippen LogP contribution in [-0.4, -0.2) is 48.4 Å². The van der Waals surface area contributed by atoms with Crippen molar-refractivity contribution in [3.8, 4) is 5.69 Å². The van der Waals surface area contributed by atoms with Crippen LogP contribution < -0.4 is 0 Å². The van der Waals surface area contributed by atoms with E-state index in [0.717, 1.165) is 19.3 Å². The summed E-state index contributed by atoms with van der Waals surface area (Å²) in [4.78, 5) is 25.2. The van der Waals surface area contributed by atoms with Crippen LogP contribution in [0.4, 0.5) is 4.39 Å². The third-order valence-corrected chi connectivity index (χ3v) is 5.73. The van der Waals surface area contributed by atoms with Gasteiger partial charge in [-0.05, 0) is 37.3 Å². The second-order valence-electron chi connectivity index (χ2n) is 7.52. The molecule has 0 unspecified atom stereocenters. The topological polar surface area (TPSA) is 76.8 Å². The highest BCUT2D eigenvalue weighted by Crippen LogP contribution is 2.29. The zero-order valence-electron chi connectivity index (χ0n) is 16.6. The summed E-state index contributed by atoms with van der Waals surface area (Å²) >= 11 is 5.87. The molecule has 1 aliphatic heterocycles. The molecule has 2 aromatic heterocycles. The molecule has 0 bridgehead atoms. The summed E-state index contributed by atoms with van der Waals surface area (Å²) in [7, 11) is 0. The number of aryl methyl sites for hydroxylation is 1. The first-order valence-corrected chi connectivity index (χ1v) is 10.3. The molecule has 0 aliphatic carbocycles. The van der Waals surface area contributed by atoms with Crippen molar-refractivity contribution in [1.29, 1.82) is 0 Å². The van der Waals surface area contributed by atoms with Crippen molar-refractivity contribution in [3.63, 3.8) is 0 Å². The highest BCUT2D eigenvalue weighted by Gasteiger charge is 2.33. The fourth-order valence-electron chi connectivity index (χ4n) is 4.03. The van der Waals surface area contributed by atoms with E-state index < -0.39 is 5.82 Å². The first-order chi connectivity index (χ1) is 14.5. The van der Waals surface area contributed by atoms with Gasteiger partial charge in [-0.3, -0.25) is 4.79 Å². The molecular weight excluding hydrogens is 407 g/mol. The molecular formula is C21H22ClFN6O. The van der Waals surface area contributed by atoms with Crippen molar-refractivity contribution in [2.45, 2.75) is 38.6 Å². The van der Waals surface area contributed by atoms with Crippen molar-refractivity contribution >= 4 is 17.5 Å². The van der Waals surface area contributed by atoms with Gasteiger partial charge in [-0.25, -0.2) is 14.4 Å². The lowest BCUT2D eigenvalue weighted by molar-refractivity contribution is 0.0498. The van der Waals surface area contributed by atoms with E-state index in [1.807, 2.05) is 4.90 Å². The summed E-state index contributed by atoms with van der Waals surface area (Å²) in [6, 6.07) is 4.13. The van der Waals surface area contributed by atoms with E-state index in [0.29, 0.717) is 41.0 Å². The van der Waals surface area contributed by atoms with Gasteiger partial charge >= 0.3 is 0 Å². The number of benzene rings is 1. The molecule has 0 N–H and O–H groups in total. The number of aromatic nitrogens is 5. The molecule has 7 nitrogen and oxygen atoms in total. The van der Waals surface area contributed by atoms with Crippen molar-refractivity contribution in [2.24, 2.45) is 5.92 Å². The van der Waals surface area contributed by atoms with Gasteiger partial charge in [-0.2, -0.15) is 15.0 Å². The van der Waals surface area contributed by atoms with E-state index in [4.69, 9.17) is 11.6 Å². The summed E-state index contributed by atoms with van der Waals surface area (Å²) in [6.45, 7) is 2.81. The smallest absolute Gasteiger partial charge is 0.256 e. The molecule has 9 heteroatoms. The summed E-state index contributed by atoms with van der Waals surface area (Å²) in [6.07, 6.45) is 9.52. The van der Waals surface area contributed by atoms with E-state index >= 15 is 0 Å². The average Bonchev–Trinajstić information content (AvgIpc) is 3.28. The number of nitrogens with zero attached hydrogens (tertiary/aromatic N) is 6. The lowest BCUT2D eigenvalue weighted by Gasteiger charge is -2.40. The van der Waals surface area contributed by atoms with Crippen LogP contribution in [0.1, 0.15) is 42.4 Å². The molecule has 1 aliphatic rings. The van der Waals surface area contributed by atoms with Crippen LogP contribution in [0.3, 0.4) is 0 Å². The third kappa shape index (κ3) is 4.33. The number of halogens is 2. The predicted molar refractivity (Wildman–Crippen MR) is 110 cm³/mol. The molecule has 1 amide bonds. The van der Waals surface area contributed by atoms with Crippen LogP contribution in [0.5, 0.6) is 0 Å². The molecule has 1 aromatic carbocycles. The van der Waals surface area contributed by atoms with Gasteiger partial charge in [0.15, 0.2) is 0 Å². The highest BCUT2D eigenvalue weighted by atomic mass is 35.5. The van der Waals surface area contributed by atoms with Crippen LogP contribution >= 0.6 is 11.6 Å². The monoisotopic (exact) mass is 428 g/mol. The largest absolute Gasteiger partial charge is 0.335 e. The standard InChI is InChI=1S/C21H22ClFN6O/c1-14-3-2-10-28(18(14)6-7-20-24-12-15(22)13-25-20)21(30)17-5-4-16(23)11-19(17)29-26-8-9-27-29/h4-5,8-9,11-14,18H,2-3,6-7,10H2,1H3/t14-,18-/m1/s1. The Bertz CT molecular complexity index is 1010. The van der Waals surface area contributed by atoms with Gasteiger partial charge in [-0.15, -0.1) is 0 Å². The van der Waals surface area contributed by atoms with Crippen molar-refractivity contribution in [3.05, 3.63) is 65.2 Å². The van der Waals surface area contributed by atoms with Crippen molar-refractivity contribution in [2.75, 3.05) is 6.54 Å². The van der Waals surface area contributed by atoms with E-state index in [1.54, 1.807) is 12.4 Å². The van der Waals surface area contributed by atoms with Crippen molar-refractivity contribution < 1.29 is 9.18 Å². The zero-order valence-corrected chi connectivity index (χ0v) is 17.3. The fourth-order valence-corrected chi connectivity index (χ4v) is 4.13. The molecule has 30 heavy (non-hydrogen) atoms.